The summed E-state index contributed by atoms with van der Waals surface area (Å²) in [6, 6.07) is 4.81. The molecule has 2 atom stereocenters. The van der Waals surface area contributed by atoms with Gasteiger partial charge >= 0.3 is 5.97 Å². The van der Waals surface area contributed by atoms with E-state index in [0.717, 1.165) is 12.8 Å². The second-order valence-corrected chi connectivity index (χ2v) is 4.99. The predicted octanol–water partition coefficient (Wildman–Crippen LogP) is 2.30. The zero-order valence-electron chi connectivity index (χ0n) is 11.1. The van der Waals surface area contributed by atoms with Gasteiger partial charge in [0.15, 0.2) is 0 Å². The first-order valence-electron chi connectivity index (χ1n) is 6.41. The van der Waals surface area contributed by atoms with E-state index in [1.54, 1.807) is 12.1 Å². The highest BCUT2D eigenvalue weighted by atomic mass is 16.5. The van der Waals surface area contributed by atoms with Crippen molar-refractivity contribution < 1.29 is 19.4 Å². The highest BCUT2D eigenvalue weighted by molar-refractivity contribution is 5.95. The number of hydrogen-bond donors (Lipinski definition) is 2. The average Bonchev–Trinajstić information content (AvgIpc) is 2.30. The Morgan fingerprint density at radius 1 is 1.37 bits per heavy atom. The number of carbonyl (C=O) groups is 1. The van der Waals surface area contributed by atoms with Crippen molar-refractivity contribution in [2.24, 2.45) is 0 Å². The Kier molecular flexibility index (Phi) is 3.95. The first kappa shape index (κ1) is 13.7. The molecule has 0 spiro atoms. The molecule has 0 amide bonds. The summed E-state index contributed by atoms with van der Waals surface area (Å²) in [6.45, 7) is 4.01. The molecule has 0 aliphatic carbocycles. The van der Waals surface area contributed by atoms with Crippen LogP contribution in [0.15, 0.2) is 18.2 Å². The Balaban J connectivity index is 2.15. The van der Waals surface area contributed by atoms with E-state index in [0.29, 0.717) is 5.75 Å². The van der Waals surface area contributed by atoms with Gasteiger partial charge < -0.3 is 20.3 Å². The van der Waals surface area contributed by atoms with Gasteiger partial charge in [-0.15, -0.1) is 0 Å². The predicted molar refractivity (Wildman–Crippen MR) is 71.5 cm³/mol. The Hall–Kier alpha value is -1.75. The molecule has 5 nitrogen and oxygen atoms in total. The van der Waals surface area contributed by atoms with Gasteiger partial charge in [-0.05, 0) is 26.0 Å². The normalized spacial score (nSPS) is 26.9. The molecular weight excluding hydrogens is 246 g/mol. The molecule has 1 saturated heterocycles. The standard InChI is InChI=1S/C14H19NO4/c1-8-6-10(7-9(2)18-8)19-12-5-3-4-11(13(12)15)14(16)17/h3-5,8-10H,6-7,15H2,1-2H3,(H,16,17). The number of ether oxygens (including phenoxy) is 2. The van der Waals surface area contributed by atoms with E-state index in [1.807, 2.05) is 13.8 Å². The lowest BCUT2D eigenvalue weighted by Gasteiger charge is -2.32. The molecule has 1 heterocycles. The van der Waals surface area contributed by atoms with Crippen LogP contribution in [0.3, 0.4) is 0 Å². The second-order valence-electron chi connectivity index (χ2n) is 4.99. The van der Waals surface area contributed by atoms with Crippen LogP contribution >= 0.6 is 0 Å². The van der Waals surface area contributed by atoms with Gasteiger partial charge in [0.1, 0.15) is 11.9 Å². The highest BCUT2D eigenvalue weighted by Gasteiger charge is 2.26. The van der Waals surface area contributed by atoms with E-state index in [4.69, 9.17) is 20.3 Å². The number of rotatable bonds is 3. The van der Waals surface area contributed by atoms with E-state index in [-0.39, 0.29) is 29.6 Å². The molecule has 1 aromatic rings. The first-order chi connectivity index (χ1) is 8.97. The topological polar surface area (TPSA) is 81.8 Å². The van der Waals surface area contributed by atoms with Crippen LogP contribution in [0.25, 0.3) is 0 Å². The Morgan fingerprint density at radius 2 is 2.00 bits per heavy atom. The second kappa shape index (κ2) is 5.48. The number of para-hydroxylation sites is 1. The summed E-state index contributed by atoms with van der Waals surface area (Å²) in [5.41, 5.74) is 6.09. The molecule has 2 rings (SSSR count). The number of carboxylic acid groups (broad SMARTS) is 1. The highest BCUT2D eigenvalue weighted by Crippen LogP contribution is 2.30. The van der Waals surface area contributed by atoms with Crippen LogP contribution < -0.4 is 10.5 Å². The fourth-order valence-electron chi connectivity index (χ4n) is 2.45. The van der Waals surface area contributed by atoms with Crippen molar-refractivity contribution >= 4 is 11.7 Å². The number of nitrogen functional groups attached to an aromatic ring is 1. The fraction of sp³-hybridized carbons (Fsp3) is 0.500. The van der Waals surface area contributed by atoms with Crippen LogP contribution in [0, 0.1) is 0 Å². The molecule has 0 aromatic heterocycles. The van der Waals surface area contributed by atoms with Gasteiger partial charge in [0.05, 0.1) is 23.5 Å². The van der Waals surface area contributed by atoms with E-state index in [2.05, 4.69) is 0 Å². The summed E-state index contributed by atoms with van der Waals surface area (Å²) >= 11 is 0. The zero-order valence-corrected chi connectivity index (χ0v) is 11.1. The van der Waals surface area contributed by atoms with E-state index in [1.165, 1.54) is 6.07 Å². The third-order valence-electron chi connectivity index (χ3n) is 3.24. The number of carboxylic acids is 1. The molecule has 1 fully saturated rings. The molecule has 5 heteroatoms. The van der Waals surface area contributed by atoms with Gasteiger partial charge in [0.2, 0.25) is 0 Å². The molecule has 3 N–H and O–H groups in total. The molecule has 1 aromatic carbocycles. The van der Waals surface area contributed by atoms with Crippen molar-refractivity contribution in [3.8, 4) is 5.75 Å². The minimum Gasteiger partial charge on any atom is -0.488 e. The van der Waals surface area contributed by atoms with Crippen LogP contribution in [0.5, 0.6) is 5.75 Å². The van der Waals surface area contributed by atoms with Crippen LogP contribution in [0.1, 0.15) is 37.0 Å². The lowest BCUT2D eigenvalue weighted by Crippen LogP contribution is -2.35. The Morgan fingerprint density at radius 3 is 2.58 bits per heavy atom. The summed E-state index contributed by atoms with van der Waals surface area (Å²) in [4.78, 5) is 11.0. The lowest BCUT2D eigenvalue weighted by molar-refractivity contribution is -0.0720. The van der Waals surface area contributed by atoms with Crippen molar-refractivity contribution in [1.29, 1.82) is 0 Å². The van der Waals surface area contributed by atoms with E-state index >= 15 is 0 Å². The molecule has 19 heavy (non-hydrogen) atoms. The number of aromatic carboxylic acids is 1. The third-order valence-corrected chi connectivity index (χ3v) is 3.24. The quantitative estimate of drug-likeness (QED) is 0.819. The maximum atomic E-state index is 11.0. The minimum absolute atomic E-state index is 0.00472. The van der Waals surface area contributed by atoms with Crippen molar-refractivity contribution in [1.82, 2.24) is 0 Å². The minimum atomic E-state index is -1.04. The first-order valence-corrected chi connectivity index (χ1v) is 6.41. The van der Waals surface area contributed by atoms with Crippen LogP contribution in [0.4, 0.5) is 5.69 Å². The lowest BCUT2D eigenvalue weighted by atomic mass is 10.0. The van der Waals surface area contributed by atoms with Gasteiger partial charge in [-0.1, -0.05) is 6.07 Å². The molecule has 104 valence electrons. The van der Waals surface area contributed by atoms with Crippen molar-refractivity contribution in [2.75, 3.05) is 5.73 Å². The summed E-state index contributed by atoms with van der Waals surface area (Å²) in [5.74, 6) is -0.608. The van der Waals surface area contributed by atoms with Gasteiger partial charge in [0.25, 0.3) is 0 Å². The van der Waals surface area contributed by atoms with Crippen LogP contribution in [-0.2, 0) is 4.74 Å². The summed E-state index contributed by atoms with van der Waals surface area (Å²) in [7, 11) is 0. The molecule has 1 aliphatic heterocycles. The van der Waals surface area contributed by atoms with E-state index < -0.39 is 5.97 Å². The average molecular weight is 265 g/mol. The van der Waals surface area contributed by atoms with Crippen molar-refractivity contribution in [2.45, 2.75) is 45.0 Å². The Labute approximate surface area is 112 Å². The largest absolute Gasteiger partial charge is 0.488 e. The molecular formula is C14H19NO4. The number of anilines is 1. The Bertz CT molecular complexity index is 465. The summed E-state index contributed by atoms with van der Waals surface area (Å²) in [6.07, 6.45) is 1.84. The molecule has 2 unspecified atom stereocenters. The summed E-state index contributed by atoms with van der Waals surface area (Å²) < 4.78 is 11.5. The zero-order chi connectivity index (χ0) is 14.0. The molecule has 1 aliphatic rings. The van der Waals surface area contributed by atoms with Gasteiger partial charge in [-0.3, -0.25) is 0 Å². The van der Waals surface area contributed by atoms with Crippen molar-refractivity contribution in [3.63, 3.8) is 0 Å². The van der Waals surface area contributed by atoms with Gasteiger partial charge in [-0.25, -0.2) is 4.79 Å². The maximum absolute atomic E-state index is 11.0. The van der Waals surface area contributed by atoms with E-state index in [9.17, 15) is 4.79 Å². The monoisotopic (exact) mass is 265 g/mol. The third kappa shape index (κ3) is 3.17. The van der Waals surface area contributed by atoms with Gasteiger partial charge in [0, 0.05) is 12.8 Å². The van der Waals surface area contributed by atoms with Gasteiger partial charge in [-0.2, -0.15) is 0 Å². The molecule has 0 radical (unpaired) electrons. The fourth-order valence-corrected chi connectivity index (χ4v) is 2.45. The maximum Gasteiger partial charge on any atom is 0.337 e. The SMILES string of the molecule is CC1CC(Oc2cccc(C(=O)O)c2N)CC(C)O1. The molecule has 0 bridgehead atoms. The van der Waals surface area contributed by atoms with Crippen LogP contribution in [-0.4, -0.2) is 29.4 Å². The number of benzene rings is 1. The number of hydrogen-bond acceptors (Lipinski definition) is 4. The summed E-state index contributed by atoms with van der Waals surface area (Å²) in [5, 5.41) is 9.02. The van der Waals surface area contributed by atoms with Crippen molar-refractivity contribution in [3.05, 3.63) is 23.8 Å². The smallest absolute Gasteiger partial charge is 0.337 e. The number of nitrogens with two attached hydrogens (primary N) is 1. The van der Waals surface area contributed by atoms with Crippen LogP contribution in [0.2, 0.25) is 0 Å². The molecule has 0 saturated carbocycles.